The van der Waals surface area contributed by atoms with Gasteiger partial charge < -0.3 is 24.3 Å². The van der Waals surface area contributed by atoms with Gasteiger partial charge in [-0.15, -0.1) is 0 Å². The van der Waals surface area contributed by atoms with E-state index >= 15 is 0 Å². The van der Waals surface area contributed by atoms with Crippen LogP contribution in [0.1, 0.15) is 5.56 Å². The molecule has 26 heavy (non-hydrogen) atoms. The minimum absolute atomic E-state index is 0.138. The molecule has 0 radical (unpaired) electrons. The molecule has 3 rings (SSSR count). The van der Waals surface area contributed by atoms with Crippen molar-refractivity contribution in [2.24, 2.45) is 0 Å². The fourth-order valence-corrected chi connectivity index (χ4v) is 2.32. The number of ether oxygens (including phenoxy) is 4. The first-order valence-corrected chi connectivity index (χ1v) is 7.57. The van der Waals surface area contributed by atoms with Crippen LogP contribution in [0.15, 0.2) is 42.5 Å². The van der Waals surface area contributed by atoms with Gasteiger partial charge in [0.05, 0.1) is 7.11 Å². The molecule has 0 saturated heterocycles. The predicted molar refractivity (Wildman–Crippen MR) is 89.9 cm³/mol. The summed E-state index contributed by atoms with van der Waals surface area (Å²) in [5.41, 5.74) is 1.04. The van der Waals surface area contributed by atoms with Gasteiger partial charge in [0.1, 0.15) is 0 Å². The first-order chi connectivity index (χ1) is 12.5. The fourth-order valence-electron chi connectivity index (χ4n) is 2.32. The largest absolute Gasteiger partial charge is 0.493 e. The van der Waals surface area contributed by atoms with E-state index in [1.54, 1.807) is 24.3 Å². The lowest BCUT2D eigenvalue weighted by Gasteiger charge is -2.11. The third-order valence-corrected chi connectivity index (χ3v) is 3.47. The zero-order valence-corrected chi connectivity index (χ0v) is 13.7. The average molecular weight is 363 g/mol. The first kappa shape index (κ1) is 17.5. The van der Waals surface area contributed by atoms with E-state index in [0.29, 0.717) is 17.2 Å². The smallest absolute Gasteiger partial charge is 0.387 e. The lowest BCUT2D eigenvalue weighted by Crippen LogP contribution is -2.09. The number of hydrogen-bond donors (Lipinski definition) is 1. The molecule has 0 aromatic heterocycles. The number of alkyl halides is 2. The van der Waals surface area contributed by atoms with Crippen LogP contribution in [-0.2, 0) is 4.79 Å². The van der Waals surface area contributed by atoms with E-state index in [4.69, 9.17) is 14.2 Å². The predicted octanol–water partition coefficient (Wildman–Crippen LogP) is 3.68. The summed E-state index contributed by atoms with van der Waals surface area (Å²) < 4.78 is 44.7. The van der Waals surface area contributed by atoms with Crippen molar-refractivity contribution < 1.29 is 32.5 Å². The fraction of sp³-hybridized carbons (Fsp3) is 0.167. The molecular weight excluding hydrogens is 348 g/mol. The van der Waals surface area contributed by atoms with E-state index in [9.17, 15) is 13.6 Å². The van der Waals surface area contributed by atoms with Gasteiger partial charge in [-0.1, -0.05) is 6.07 Å². The van der Waals surface area contributed by atoms with Gasteiger partial charge in [0.25, 0.3) is 0 Å². The molecule has 1 aliphatic rings. The van der Waals surface area contributed by atoms with Crippen molar-refractivity contribution in [3.8, 4) is 23.0 Å². The second kappa shape index (κ2) is 7.73. The number of rotatable bonds is 6. The van der Waals surface area contributed by atoms with Crippen molar-refractivity contribution in [3.05, 3.63) is 48.0 Å². The lowest BCUT2D eigenvalue weighted by atomic mass is 10.2. The number of halogens is 2. The van der Waals surface area contributed by atoms with Gasteiger partial charge in [-0.2, -0.15) is 8.78 Å². The quantitative estimate of drug-likeness (QED) is 0.793. The molecule has 0 fully saturated rings. The molecule has 1 heterocycles. The van der Waals surface area contributed by atoms with Crippen LogP contribution < -0.4 is 24.3 Å². The van der Waals surface area contributed by atoms with Crippen LogP contribution in [0.3, 0.4) is 0 Å². The van der Waals surface area contributed by atoms with Crippen LogP contribution in [0.2, 0.25) is 0 Å². The minimum Gasteiger partial charge on any atom is -0.493 e. The maximum atomic E-state index is 12.4. The number of fused-ring (bicyclic) bond motifs is 1. The van der Waals surface area contributed by atoms with Crippen LogP contribution in [0.4, 0.5) is 14.5 Å². The highest BCUT2D eigenvalue weighted by Gasteiger charge is 2.13. The second-order valence-electron chi connectivity index (χ2n) is 5.18. The average Bonchev–Trinajstić information content (AvgIpc) is 3.07. The standard InChI is InChI=1S/C18H15F2NO5/c1-23-13-6-4-12(9-16(13)26-18(19)20)21-17(22)7-3-11-2-5-14-15(8-11)25-10-24-14/h2-9,18H,10H2,1H3,(H,21,22)/b7-3+. The summed E-state index contributed by atoms with van der Waals surface area (Å²) in [7, 11) is 1.33. The Hall–Kier alpha value is -3.29. The number of methoxy groups -OCH3 is 1. The van der Waals surface area contributed by atoms with E-state index in [2.05, 4.69) is 10.1 Å². The van der Waals surface area contributed by atoms with E-state index in [1.165, 1.54) is 31.4 Å². The number of carbonyl (C=O) groups is 1. The Bertz CT molecular complexity index is 838. The van der Waals surface area contributed by atoms with Crippen LogP contribution in [0.25, 0.3) is 6.08 Å². The van der Waals surface area contributed by atoms with Crippen molar-refractivity contribution in [2.75, 3.05) is 19.2 Å². The van der Waals surface area contributed by atoms with E-state index in [1.807, 2.05) is 0 Å². The summed E-state index contributed by atoms with van der Waals surface area (Å²) in [4.78, 5) is 12.0. The monoisotopic (exact) mass is 363 g/mol. The Morgan fingerprint density at radius 3 is 2.73 bits per heavy atom. The summed E-state index contributed by atoms with van der Waals surface area (Å²) in [6.07, 6.45) is 2.91. The molecule has 0 saturated carbocycles. The highest BCUT2D eigenvalue weighted by atomic mass is 19.3. The van der Waals surface area contributed by atoms with Gasteiger partial charge in [0, 0.05) is 17.8 Å². The van der Waals surface area contributed by atoms with Crippen molar-refractivity contribution in [3.63, 3.8) is 0 Å². The number of carbonyl (C=O) groups excluding carboxylic acids is 1. The van der Waals surface area contributed by atoms with Crippen LogP contribution in [0.5, 0.6) is 23.0 Å². The van der Waals surface area contributed by atoms with Crippen LogP contribution >= 0.6 is 0 Å². The molecule has 1 N–H and O–H groups in total. The van der Waals surface area contributed by atoms with Crippen LogP contribution in [0, 0.1) is 0 Å². The number of benzene rings is 2. The van der Waals surface area contributed by atoms with E-state index in [-0.39, 0.29) is 18.3 Å². The minimum atomic E-state index is -3.00. The zero-order valence-electron chi connectivity index (χ0n) is 13.7. The first-order valence-electron chi connectivity index (χ1n) is 7.57. The maximum Gasteiger partial charge on any atom is 0.387 e. The zero-order chi connectivity index (χ0) is 18.5. The summed E-state index contributed by atoms with van der Waals surface area (Å²) >= 11 is 0. The summed E-state index contributed by atoms with van der Waals surface area (Å²) in [6.45, 7) is -2.83. The van der Waals surface area contributed by atoms with Gasteiger partial charge in [-0.25, -0.2) is 0 Å². The number of hydrogen-bond acceptors (Lipinski definition) is 5. The Balaban J connectivity index is 1.67. The van der Waals surface area contributed by atoms with Gasteiger partial charge in [-0.3, -0.25) is 4.79 Å². The van der Waals surface area contributed by atoms with E-state index in [0.717, 1.165) is 5.56 Å². The Morgan fingerprint density at radius 1 is 1.15 bits per heavy atom. The maximum absolute atomic E-state index is 12.4. The third-order valence-electron chi connectivity index (χ3n) is 3.47. The molecule has 8 heteroatoms. The Kier molecular flexibility index (Phi) is 5.21. The molecule has 6 nitrogen and oxygen atoms in total. The summed E-state index contributed by atoms with van der Waals surface area (Å²) in [5, 5.41) is 2.57. The molecule has 2 aromatic carbocycles. The summed E-state index contributed by atoms with van der Waals surface area (Å²) in [6, 6.07) is 9.47. The van der Waals surface area contributed by atoms with Crippen LogP contribution in [-0.4, -0.2) is 26.4 Å². The molecule has 0 atom stereocenters. The molecule has 2 aromatic rings. The highest BCUT2D eigenvalue weighted by Crippen LogP contribution is 2.33. The molecule has 0 bridgehead atoms. The number of amides is 1. The Morgan fingerprint density at radius 2 is 1.96 bits per heavy atom. The number of nitrogens with one attached hydrogen (secondary N) is 1. The lowest BCUT2D eigenvalue weighted by molar-refractivity contribution is -0.111. The van der Waals surface area contributed by atoms with Gasteiger partial charge >= 0.3 is 6.61 Å². The normalized spacial score (nSPS) is 12.5. The molecule has 136 valence electrons. The molecule has 1 amide bonds. The third kappa shape index (κ3) is 4.21. The number of anilines is 1. The molecule has 0 spiro atoms. The molecular formula is C18H15F2NO5. The summed E-state index contributed by atoms with van der Waals surface area (Å²) in [5.74, 6) is 0.794. The van der Waals surface area contributed by atoms with Crippen molar-refractivity contribution >= 4 is 17.7 Å². The van der Waals surface area contributed by atoms with Gasteiger partial charge in [-0.05, 0) is 35.9 Å². The molecule has 1 aliphatic heterocycles. The van der Waals surface area contributed by atoms with Gasteiger partial charge in [0.15, 0.2) is 23.0 Å². The molecule has 0 aliphatic carbocycles. The molecule has 0 unspecified atom stereocenters. The van der Waals surface area contributed by atoms with Crippen molar-refractivity contribution in [1.82, 2.24) is 0 Å². The Labute approximate surface area is 147 Å². The van der Waals surface area contributed by atoms with E-state index < -0.39 is 12.5 Å². The van der Waals surface area contributed by atoms with Gasteiger partial charge in [0.2, 0.25) is 12.7 Å². The topological polar surface area (TPSA) is 66.0 Å². The SMILES string of the molecule is COc1ccc(NC(=O)/C=C/c2ccc3c(c2)OCO3)cc1OC(F)F. The van der Waals surface area contributed by atoms with Crippen molar-refractivity contribution in [1.29, 1.82) is 0 Å². The van der Waals surface area contributed by atoms with Crippen molar-refractivity contribution in [2.45, 2.75) is 6.61 Å². The second-order valence-corrected chi connectivity index (χ2v) is 5.18. The highest BCUT2D eigenvalue weighted by molar-refractivity contribution is 6.02.